The van der Waals surface area contributed by atoms with Crippen LogP contribution >= 0.6 is 22.5 Å². The zero-order valence-corrected chi connectivity index (χ0v) is 2.48. The SMILES string of the molecule is SCl.[GaH3].[NaH]. The van der Waals surface area contributed by atoms with E-state index in [1.54, 1.807) is 0 Å². The molecule has 0 rings (SSSR count). The molecule has 0 bridgehead atoms. The summed E-state index contributed by atoms with van der Waals surface area (Å²) in [6.45, 7) is 0. The van der Waals surface area contributed by atoms with Crippen molar-refractivity contribution in [3.63, 3.8) is 0 Å². The third kappa shape index (κ3) is 8.86. The van der Waals surface area contributed by atoms with Crippen LogP contribution in [0.2, 0.25) is 0 Å². The van der Waals surface area contributed by atoms with E-state index < -0.39 is 0 Å². The summed E-state index contributed by atoms with van der Waals surface area (Å²) in [4.78, 5) is 0. The summed E-state index contributed by atoms with van der Waals surface area (Å²) in [6, 6.07) is 0. The van der Waals surface area contributed by atoms with Crippen LogP contribution in [-0.4, -0.2) is 49.3 Å². The van der Waals surface area contributed by atoms with E-state index >= 15 is 0 Å². The first-order valence-corrected chi connectivity index (χ1v) is 1.52. The van der Waals surface area contributed by atoms with Gasteiger partial charge in [0, 0.05) is 0 Å². The fourth-order valence-corrected chi connectivity index (χ4v) is 0. The van der Waals surface area contributed by atoms with Crippen LogP contribution in [0.5, 0.6) is 0 Å². The second kappa shape index (κ2) is 18.6. The van der Waals surface area contributed by atoms with Crippen molar-refractivity contribution in [1.82, 2.24) is 0 Å². The number of hydrogen-bond donors (Lipinski definition) is 1. The Kier molecular flexibility index (Phi) is 75.8. The molecule has 0 atom stereocenters. The van der Waals surface area contributed by atoms with E-state index in [1.165, 1.54) is 0 Å². The van der Waals surface area contributed by atoms with Crippen molar-refractivity contribution in [2.75, 3.05) is 0 Å². The van der Waals surface area contributed by atoms with Crippen LogP contribution in [0.25, 0.3) is 0 Å². The molecule has 4 heteroatoms. The number of halogens is 1. The Hall–Kier alpha value is 2.28. The van der Waals surface area contributed by atoms with E-state index in [9.17, 15) is 0 Å². The van der Waals surface area contributed by atoms with Gasteiger partial charge in [0.25, 0.3) is 0 Å². The summed E-state index contributed by atoms with van der Waals surface area (Å²) in [5, 5.41) is 0. The minimum absolute atomic E-state index is 0. The zero-order valence-electron chi connectivity index (χ0n) is 0.825. The van der Waals surface area contributed by atoms with E-state index in [4.69, 9.17) is 0 Å². The Morgan fingerprint density at radius 1 is 1.25 bits per heavy atom. The van der Waals surface area contributed by atoms with Gasteiger partial charge in [-0.3, -0.25) is 0 Å². The van der Waals surface area contributed by atoms with Gasteiger partial charge in [-0.15, -0.1) is 0 Å². The van der Waals surface area contributed by atoms with E-state index in [0.29, 0.717) is 0 Å². The summed E-state index contributed by atoms with van der Waals surface area (Å²) in [5.41, 5.74) is 0. The summed E-state index contributed by atoms with van der Waals surface area (Å²) in [6.07, 6.45) is 0. The van der Waals surface area contributed by atoms with E-state index in [1.807, 2.05) is 0 Å². The first-order valence-electron chi connectivity index (χ1n) is 0.169. The molecule has 0 saturated heterocycles. The number of thiol groups is 1. The van der Waals surface area contributed by atoms with Gasteiger partial charge in [0.1, 0.15) is 0 Å². The van der Waals surface area contributed by atoms with Crippen LogP contribution in [0.1, 0.15) is 0 Å². The van der Waals surface area contributed by atoms with E-state index in [-0.39, 0.29) is 49.3 Å². The molecular weight excluding hydrogens is 160 g/mol. The Labute approximate surface area is 70.9 Å². The van der Waals surface area contributed by atoms with Crippen molar-refractivity contribution >= 4 is 71.9 Å². The van der Waals surface area contributed by atoms with Crippen molar-refractivity contribution in [2.24, 2.45) is 0 Å². The molecule has 0 unspecified atom stereocenters. The molecule has 0 aliphatic heterocycles. The topological polar surface area (TPSA) is 0 Å². The predicted molar refractivity (Wildman–Crippen MR) is 31.9 cm³/mol. The summed E-state index contributed by atoms with van der Waals surface area (Å²) < 4.78 is 0. The molecule has 0 aliphatic rings. The van der Waals surface area contributed by atoms with Crippen LogP contribution in [-0.2, 0) is 0 Å². The van der Waals surface area contributed by atoms with Gasteiger partial charge in [0.05, 0.1) is 0 Å². The normalized spacial score (nSPS) is 1.50. The molecule has 4 heavy (non-hydrogen) atoms. The maximum atomic E-state index is 4.33. The van der Waals surface area contributed by atoms with Crippen molar-refractivity contribution in [3.05, 3.63) is 0 Å². The molecule has 0 aromatic carbocycles. The molecule has 0 radical (unpaired) electrons. The Bertz CT molecular complexity index is 8.00. The van der Waals surface area contributed by atoms with Gasteiger partial charge in [0.15, 0.2) is 0 Å². The quantitative estimate of drug-likeness (QED) is 0.354. The van der Waals surface area contributed by atoms with Crippen LogP contribution in [0.15, 0.2) is 0 Å². The fraction of sp³-hybridized carbons (Fsp3) is 0. The fourth-order valence-electron chi connectivity index (χ4n) is 0. The third-order valence-corrected chi connectivity index (χ3v) is 0. The van der Waals surface area contributed by atoms with Gasteiger partial charge in [-0.2, -0.15) is 0 Å². The first kappa shape index (κ1) is 16.3. The van der Waals surface area contributed by atoms with E-state index in [2.05, 4.69) is 22.5 Å². The van der Waals surface area contributed by atoms with E-state index in [0.717, 1.165) is 0 Å². The monoisotopic (exact) mass is 164 g/mol. The van der Waals surface area contributed by atoms with Gasteiger partial charge in [0.2, 0.25) is 0 Å². The van der Waals surface area contributed by atoms with Crippen molar-refractivity contribution in [3.8, 4) is 0 Å². The molecule has 0 aromatic rings. The van der Waals surface area contributed by atoms with Crippen LogP contribution in [0.4, 0.5) is 0 Å². The van der Waals surface area contributed by atoms with Gasteiger partial charge in [-0.25, -0.2) is 0 Å². The second-order valence-corrected chi connectivity index (χ2v) is 0. The predicted octanol–water partition coefficient (Wildman–Crippen LogP) is -0.762. The molecule has 0 heterocycles. The van der Waals surface area contributed by atoms with Crippen molar-refractivity contribution in [2.45, 2.75) is 0 Å². The van der Waals surface area contributed by atoms with Gasteiger partial charge in [-0.1, -0.05) is 11.8 Å². The van der Waals surface area contributed by atoms with Gasteiger partial charge < -0.3 is 0 Å². The molecule has 0 nitrogen and oxygen atoms in total. The molecular formula is H5ClGaNaS. The first-order chi connectivity index (χ1) is 1.00. The average Bonchev–Trinajstić information content (AvgIpc) is 1.00. The van der Waals surface area contributed by atoms with Crippen molar-refractivity contribution < 1.29 is 0 Å². The van der Waals surface area contributed by atoms with Crippen LogP contribution < -0.4 is 0 Å². The molecule has 0 amide bonds. The minimum atomic E-state index is 0. The molecule has 22 valence electrons. The molecule has 0 N–H and O–H groups in total. The van der Waals surface area contributed by atoms with Gasteiger partial charge in [-0.05, 0) is 10.7 Å². The third-order valence-electron chi connectivity index (χ3n) is 0. The second-order valence-electron chi connectivity index (χ2n) is 0. The molecule has 0 saturated carbocycles. The Morgan fingerprint density at radius 2 is 1.25 bits per heavy atom. The zero-order chi connectivity index (χ0) is 2.00. The standard InChI is InChI=1S/ClHS.Ga.Na.4H/c1-2;;;;;;/h2H;;;;;;. The van der Waals surface area contributed by atoms with Crippen LogP contribution in [0, 0.1) is 0 Å². The Morgan fingerprint density at radius 3 is 1.25 bits per heavy atom. The summed E-state index contributed by atoms with van der Waals surface area (Å²) >= 11 is 3.00. The van der Waals surface area contributed by atoms with Gasteiger partial charge >= 0.3 is 49.3 Å². The number of rotatable bonds is 0. The average molecular weight is 165 g/mol. The molecule has 0 fully saturated rings. The van der Waals surface area contributed by atoms with Crippen LogP contribution in [0.3, 0.4) is 0 Å². The molecule has 0 spiro atoms. The number of hydrogen-bond acceptors (Lipinski definition) is 1. The van der Waals surface area contributed by atoms with Crippen molar-refractivity contribution in [1.29, 1.82) is 0 Å². The summed E-state index contributed by atoms with van der Waals surface area (Å²) in [7, 11) is 4.33. The summed E-state index contributed by atoms with van der Waals surface area (Å²) in [5.74, 6) is 0. The maximum absolute atomic E-state index is 4.33. The Balaban J connectivity index is -0.00000000500. The molecule has 0 aliphatic carbocycles. The molecule has 0 aromatic heterocycles.